The highest BCUT2D eigenvalue weighted by Crippen LogP contribution is 2.17. The third kappa shape index (κ3) is 5.89. The minimum absolute atomic E-state index is 0.0249. The molecule has 6 nitrogen and oxygen atoms in total. The molecule has 102 valence electrons. The Kier molecular flexibility index (Phi) is 7.20. The number of para-hydroxylation sites is 1. The molecule has 1 aromatic carbocycles. The van der Waals surface area contributed by atoms with Crippen molar-refractivity contribution >= 4 is 27.0 Å². The van der Waals surface area contributed by atoms with Crippen LogP contribution in [0.25, 0.3) is 10.4 Å². The topological polar surface area (TPSA) is 84.3 Å². The third-order valence-corrected chi connectivity index (χ3v) is 3.51. The molecule has 1 atom stereocenters. The van der Waals surface area contributed by atoms with Crippen molar-refractivity contribution in [3.63, 3.8) is 0 Å². The SMILES string of the molecule is COC/C(Br)=C(/CS(=O)Oc1ccccc1)N=[N+]=[N-]. The number of benzene rings is 1. The Morgan fingerprint density at radius 3 is 2.74 bits per heavy atom. The zero-order valence-electron chi connectivity index (χ0n) is 10.2. The Morgan fingerprint density at radius 2 is 2.16 bits per heavy atom. The summed E-state index contributed by atoms with van der Waals surface area (Å²) in [7, 11) is 1.51. The largest absolute Gasteiger partial charge is 0.400 e. The maximum atomic E-state index is 11.8. The molecule has 0 aliphatic carbocycles. The lowest BCUT2D eigenvalue weighted by atomic mass is 10.3. The van der Waals surface area contributed by atoms with E-state index in [4.69, 9.17) is 14.5 Å². The van der Waals surface area contributed by atoms with Gasteiger partial charge in [-0.3, -0.25) is 0 Å². The van der Waals surface area contributed by atoms with E-state index >= 15 is 0 Å². The molecule has 0 amide bonds. The highest BCUT2D eigenvalue weighted by atomic mass is 79.9. The van der Waals surface area contributed by atoms with Gasteiger partial charge in [0.1, 0.15) is 5.75 Å². The second-order valence-electron chi connectivity index (χ2n) is 3.32. The van der Waals surface area contributed by atoms with Crippen LogP contribution in [-0.2, 0) is 15.8 Å². The number of ether oxygens (including phenoxy) is 1. The minimum atomic E-state index is -1.64. The number of nitrogens with zero attached hydrogens (tertiary/aromatic N) is 3. The number of halogens is 1. The van der Waals surface area contributed by atoms with Crippen LogP contribution in [0.5, 0.6) is 5.75 Å². The van der Waals surface area contributed by atoms with Crippen LogP contribution in [0.1, 0.15) is 0 Å². The lowest BCUT2D eigenvalue weighted by Gasteiger charge is -2.06. The first-order valence-corrected chi connectivity index (χ1v) is 7.24. The summed E-state index contributed by atoms with van der Waals surface area (Å²) in [6, 6.07) is 8.77. The fraction of sp³-hybridized carbons (Fsp3) is 0.273. The van der Waals surface area contributed by atoms with Crippen LogP contribution < -0.4 is 4.18 Å². The molecular weight excluding hydrogens is 334 g/mol. The molecule has 19 heavy (non-hydrogen) atoms. The molecule has 1 unspecified atom stereocenters. The van der Waals surface area contributed by atoms with Gasteiger partial charge >= 0.3 is 0 Å². The van der Waals surface area contributed by atoms with Crippen LogP contribution in [-0.4, -0.2) is 23.7 Å². The molecule has 1 aromatic rings. The van der Waals surface area contributed by atoms with Crippen LogP contribution in [0.15, 0.2) is 45.6 Å². The number of hydrogen-bond acceptors (Lipinski definition) is 4. The van der Waals surface area contributed by atoms with Crippen molar-refractivity contribution < 1.29 is 13.1 Å². The summed E-state index contributed by atoms with van der Waals surface area (Å²) >= 11 is 1.58. The van der Waals surface area contributed by atoms with Gasteiger partial charge < -0.3 is 8.92 Å². The van der Waals surface area contributed by atoms with Gasteiger partial charge in [0.15, 0.2) is 0 Å². The van der Waals surface area contributed by atoms with Crippen LogP contribution >= 0.6 is 15.9 Å². The standard InChI is InChI=1S/C11H12BrN3O3S/c1-17-7-10(12)11(14-15-13)8-19(16)18-9-5-3-2-4-6-9/h2-6H,7-8H2,1H3/b11-10+. The molecule has 0 aliphatic rings. The van der Waals surface area contributed by atoms with Crippen molar-refractivity contribution in [3.05, 3.63) is 51.0 Å². The van der Waals surface area contributed by atoms with Gasteiger partial charge in [0.05, 0.1) is 12.4 Å². The third-order valence-electron chi connectivity index (χ3n) is 1.94. The Bertz CT molecular complexity index is 515. The van der Waals surface area contributed by atoms with Gasteiger partial charge in [-0.15, -0.1) is 0 Å². The van der Waals surface area contributed by atoms with E-state index in [0.717, 1.165) is 0 Å². The summed E-state index contributed by atoms with van der Waals surface area (Å²) in [6.07, 6.45) is 0. The molecule has 0 N–H and O–H groups in total. The fourth-order valence-corrected chi connectivity index (χ4v) is 2.62. The predicted molar refractivity (Wildman–Crippen MR) is 77.1 cm³/mol. The van der Waals surface area contributed by atoms with E-state index in [2.05, 4.69) is 26.0 Å². The minimum Gasteiger partial charge on any atom is -0.400 e. The quantitative estimate of drug-likeness (QED) is 0.431. The van der Waals surface area contributed by atoms with Crippen molar-refractivity contribution in [2.24, 2.45) is 5.11 Å². The van der Waals surface area contributed by atoms with Crippen molar-refractivity contribution in [2.45, 2.75) is 0 Å². The summed E-state index contributed by atoms with van der Waals surface area (Å²) in [5.74, 6) is 0.465. The van der Waals surface area contributed by atoms with Gasteiger partial charge in [-0.2, -0.15) is 0 Å². The molecule has 0 radical (unpaired) electrons. The van der Waals surface area contributed by atoms with Crippen molar-refractivity contribution in [2.75, 3.05) is 19.5 Å². The van der Waals surface area contributed by atoms with Gasteiger partial charge in [0.25, 0.3) is 0 Å². The summed E-state index contributed by atoms with van der Waals surface area (Å²) < 4.78 is 22.5. The molecule has 0 fully saturated rings. The van der Waals surface area contributed by atoms with Crippen LogP contribution in [0.3, 0.4) is 0 Å². The molecule has 0 spiro atoms. The van der Waals surface area contributed by atoms with Gasteiger partial charge in [0.2, 0.25) is 11.1 Å². The second kappa shape index (κ2) is 8.71. The highest BCUT2D eigenvalue weighted by Gasteiger charge is 2.09. The van der Waals surface area contributed by atoms with E-state index in [1.807, 2.05) is 6.07 Å². The summed E-state index contributed by atoms with van der Waals surface area (Å²) in [5.41, 5.74) is 8.77. The molecule has 0 saturated heterocycles. The Labute approximate surface area is 121 Å². The zero-order chi connectivity index (χ0) is 14.1. The van der Waals surface area contributed by atoms with Gasteiger partial charge in [-0.1, -0.05) is 39.2 Å². The first-order chi connectivity index (χ1) is 9.17. The summed E-state index contributed by atoms with van der Waals surface area (Å²) in [4.78, 5) is 2.69. The average Bonchev–Trinajstić information content (AvgIpc) is 2.39. The lowest BCUT2D eigenvalue weighted by molar-refractivity contribution is 0.231. The second-order valence-corrected chi connectivity index (χ2v) is 5.34. The Balaban J connectivity index is 2.72. The van der Waals surface area contributed by atoms with E-state index < -0.39 is 11.1 Å². The lowest BCUT2D eigenvalue weighted by Crippen LogP contribution is -2.08. The molecule has 0 saturated carbocycles. The number of hydrogen-bond donors (Lipinski definition) is 0. The molecule has 0 aromatic heterocycles. The monoisotopic (exact) mass is 345 g/mol. The van der Waals surface area contributed by atoms with Crippen molar-refractivity contribution in [1.82, 2.24) is 0 Å². The molecule has 0 aliphatic heterocycles. The molecule has 0 heterocycles. The molecular formula is C11H12BrN3O3S. The van der Waals surface area contributed by atoms with Crippen molar-refractivity contribution in [3.8, 4) is 5.75 Å². The van der Waals surface area contributed by atoms with E-state index in [-0.39, 0.29) is 12.4 Å². The van der Waals surface area contributed by atoms with Crippen LogP contribution in [0, 0.1) is 0 Å². The van der Waals surface area contributed by atoms with Crippen LogP contribution in [0.2, 0.25) is 0 Å². The smallest absolute Gasteiger partial charge is 0.210 e. The number of azide groups is 1. The van der Waals surface area contributed by atoms with Gasteiger partial charge in [0, 0.05) is 22.2 Å². The first-order valence-electron chi connectivity index (χ1n) is 5.20. The fourth-order valence-electron chi connectivity index (χ4n) is 1.15. The Hall–Kier alpha value is -1.34. The predicted octanol–water partition coefficient (Wildman–Crippen LogP) is 3.29. The maximum absolute atomic E-state index is 11.8. The number of rotatable bonds is 7. The van der Waals surface area contributed by atoms with E-state index in [9.17, 15) is 4.21 Å². The zero-order valence-corrected chi connectivity index (χ0v) is 12.6. The van der Waals surface area contributed by atoms with Crippen molar-refractivity contribution in [1.29, 1.82) is 0 Å². The van der Waals surface area contributed by atoms with E-state index in [1.54, 1.807) is 24.3 Å². The number of methoxy groups -OCH3 is 1. The molecule has 8 heteroatoms. The summed E-state index contributed by atoms with van der Waals surface area (Å²) in [6.45, 7) is 0.233. The average molecular weight is 346 g/mol. The maximum Gasteiger partial charge on any atom is 0.210 e. The van der Waals surface area contributed by atoms with Gasteiger partial charge in [-0.25, -0.2) is 4.21 Å². The highest BCUT2D eigenvalue weighted by molar-refractivity contribution is 9.11. The van der Waals surface area contributed by atoms with E-state index in [0.29, 0.717) is 15.9 Å². The summed E-state index contributed by atoms with van der Waals surface area (Å²) in [5, 5.41) is 3.48. The normalized spacial score (nSPS) is 13.2. The molecule has 1 rings (SSSR count). The Morgan fingerprint density at radius 1 is 1.47 bits per heavy atom. The van der Waals surface area contributed by atoms with Crippen LogP contribution in [0.4, 0.5) is 0 Å². The molecule has 0 bridgehead atoms. The van der Waals surface area contributed by atoms with E-state index in [1.165, 1.54) is 7.11 Å². The van der Waals surface area contributed by atoms with Gasteiger partial charge in [-0.05, 0) is 17.7 Å². The first kappa shape index (κ1) is 15.7.